The van der Waals surface area contributed by atoms with Crippen molar-refractivity contribution >= 4 is 46.8 Å². The van der Waals surface area contributed by atoms with E-state index in [2.05, 4.69) is 5.32 Å². The van der Waals surface area contributed by atoms with E-state index >= 15 is 0 Å². The molecule has 0 radical (unpaired) electrons. The molecule has 2 aromatic carbocycles. The highest BCUT2D eigenvalue weighted by molar-refractivity contribution is 7.99. The summed E-state index contributed by atoms with van der Waals surface area (Å²) in [4.78, 5) is 27.2. The van der Waals surface area contributed by atoms with Crippen LogP contribution in [0.4, 0.5) is 0 Å². The van der Waals surface area contributed by atoms with Crippen LogP contribution in [0, 0.1) is 6.92 Å². The summed E-state index contributed by atoms with van der Waals surface area (Å²) in [5.41, 5.74) is 3.06. The van der Waals surface area contributed by atoms with Gasteiger partial charge in [0.05, 0.1) is 5.75 Å². The second kappa shape index (κ2) is 11.5. The maximum absolute atomic E-state index is 13.1. The maximum Gasteiger partial charge on any atom is 0.242 e. The Morgan fingerprint density at radius 2 is 1.86 bits per heavy atom. The second-order valence-corrected chi connectivity index (χ2v) is 8.54. The summed E-state index contributed by atoms with van der Waals surface area (Å²) in [5, 5.41) is 3.85. The minimum absolute atomic E-state index is 0.0706. The quantitative estimate of drug-likeness (QED) is 0.576. The van der Waals surface area contributed by atoms with Crippen LogP contribution in [0.3, 0.4) is 0 Å². The molecule has 0 aliphatic rings. The minimum Gasteiger partial charge on any atom is -0.357 e. The molecule has 0 aliphatic heterocycles. The molecule has 1 unspecified atom stereocenters. The number of rotatable bonds is 9. The average molecular weight is 453 g/mol. The standard InChI is InChI=1S/C22H26Cl2N2O2S/c1-4-20(22(28)25-3)26(12-16-8-6-5-7-15(16)2)21(27)14-29-13-17-9-10-18(23)11-19(17)24/h5-11,20H,4,12-14H2,1-3H3,(H,25,28). The van der Waals surface area contributed by atoms with Crippen molar-refractivity contribution in [2.75, 3.05) is 12.8 Å². The number of aryl methyl sites for hydroxylation is 1. The molecule has 0 heterocycles. The molecule has 0 aromatic heterocycles. The molecule has 4 nitrogen and oxygen atoms in total. The molecule has 0 bridgehead atoms. The van der Waals surface area contributed by atoms with Crippen LogP contribution in [-0.2, 0) is 21.9 Å². The molecule has 2 amide bonds. The fraction of sp³-hybridized carbons (Fsp3) is 0.364. The first-order valence-electron chi connectivity index (χ1n) is 9.44. The fourth-order valence-corrected chi connectivity index (χ4v) is 4.50. The van der Waals surface area contributed by atoms with E-state index < -0.39 is 6.04 Å². The number of halogens is 2. The molecule has 0 fully saturated rings. The molecule has 0 saturated carbocycles. The van der Waals surface area contributed by atoms with Crippen LogP contribution in [0.1, 0.15) is 30.0 Å². The van der Waals surface area contributed by atoms with Crippen molar-refractivity contribution < 1.29 is 9.59 Å². The van der Waals surface area contributed by atoms with Crippen LogP contribution in [-0.4, -0.2) is 35.6 Å². The van der Waals surface area contributed by atoms with Gasteiger partial charge in [-0.3, -0.25) is 9.59 Å². The van der Waals surface area contributed by atoms with Crippen molar-refractivity contribution in [1.82, 2.24) is 10.2 Å². The molecule has 0 spiro atoms. The number of likely N-dealkylation sites (N-methyl/N-ethyl adjacent to an activating group) is 1. The highest BCUT2D eigenvalue weighted by Gasteiger charge is 2.28. The lowest BCUT2D eigenvalue weighted by molar-refractivity contribution is -0.139. The normalized spacial score (nSPS) is 11.8. The molecule has 1 atom stereocenters. The van der Waals surface area contributed by atoms with Gasteiger partial charge in [-0.15, -0.1) is 11.8 Å². The number of nitrogens with zero attached hydrogens (tertiary/aromatic N) is 1. The largest absolute Gasteiger partial charge is 0.357 e. The van der Waals surface area contributed by atoms with E-state index in [1.807, 2.05) is 44.2 Å². The third-order valence-electron chi connectivity index (χ3n) is 4.73. The molecule has 7 heteroatoms. The molecule has 29 heavy (non-hydrogen) atoms. The first-order chi connectivity index (χ1) is 13.9. The van der Waals surface area contributed by atoms with E-state index in [1.165, 1.54) is 11.8 Å². The highest BCUT2D eigenvalue weighted by Crippen LogP contribution is 2.25. The van der Waals surface area contributed by atoms with Gasteiger partial charge in [-0.25, -0.2) is 0 Å². The number of hydrogen-bond acceptors (Lipinski definition) is 3. The van der Waals surface area contributed by atoms with Crippen molar-refractivity contribution in [2.45, 2.75) is 38.6 Å². The molecular weight excluding hydrogens is 427 g/mol. The Kier molecular flexibility index (Phi) is 9.34. The Bertz CT molecular complexity index is 860. The van der Waals surface area contributed by atoms with Crippen molar-refractivity contribution in [2.24, 2.45) is 0 Å². The first-order valence-corrected chi connectivity index (χ1v) is 11.4. The smallest absolute Gasteiger partial charge is 0.242 e. The average Bonchev–Trinajstić information content (AvgIpc) is 2.70. The lowest BCUT2D eigenvalue weighted by Crippen LogP contribution is -2.48. The molecular formula is C22H26Cl2N2O2S. The van der Waals surface area contributed by atoms with Gasteiger partial charge in [0, 0.05) is 29.4 Å². The fourth-order valence-electron chi connectivity index (χ4n) is 3.03. The third-order valence-corrected chi connectivity index (χ3v) is 6.29. The van der Waals surface area contributed by atoms with Gasteiger partial charge < -0.3 is 10.2 Å². The molecule has 0 aliphatic carbocycles. The number of carbonyl (C=O) groups excluding carboxylic acids is 2. The summed E-state index contributed by atoms with van der Waals surface area (Å²) < 4.78 is 0. The van der Waals surface area contributed by atoms with E-state index in [9.17, 15) is 9.59 Å². The Morgan fingerprint density at radius 1 is 1.14 bits per heavy atom. The molecule has 1 N–H and O–H groups in total. The van der Waals surface area contributed by atoms with Gasteiger partial charge in [0.1, 0.15) is 6.04 Å². The Balaban J connectivity index is 2.12. The topological polar surface area (TPSA) is 49.4 Å². The van der Waals surface area contributed by atoms with E-state index in [0.29, 0.717) is 28.8 Å². The van der Waals surface area contributed by atoms with Crippen LogP contribution >= 0.6 is 35.0 Å². The van der Waals surface area contributed by atoms with Crippen LogP contribution in [0.5, 0.6) is 0 Å². The zero-order valence-electron chi connectivity index (χ0n) is 16.9. The zero-order valence-corrected chi connectivity index (χ0v) is 19.2. The van der Waals surface area contributed by atoms with Crippen molar-refractivity contribution in [1.29, 1.82) is 0 Å². The number of thioether (sulfide) groups is 1. The van der Waals surface area contributed by atoms with Crippen molar-refractivity contribution in [3.63, 3.8) is 0 Å². The van der Waals surface area contributed by atoms with Crippen molar-refractivity contribution in [3.8, 4) is 0 Å². The summed E-state index contributed by atoms with van der Waals surface area (Å²) >= 11 is 13.6. The Morgan fingerprint density at radius 3 is 2.48 bits per heavy atom. The SMILES string of the molecule is CCC(C(=O)NC)N(Cc1ccccc1C)C(=O)CSCc1ccc(Cl)cc1Cl. The number of hydrogen-bond donors (Lipinski definition) is 1. The monoisotopic (exact) mass is 452 g/mol. The predicted molar refractivity (Wildman–Crippen MR) is 122 cm³/mol. The zero-order chi connectivity index (χ0) is 21.4. The van der Waals surface area contributed by atoms with Gasteiger partial charge in [0.25, 0.3) is 0 Å². The van der Waals surface area contributed by atoms with Crippen LogP contribution in [0.15, 0.2) is 42.5 Å². The molecule has 2 rings (SSSR count). The Hall–Kier alpha value is -1.69. The van der Waals surface area contributed by atoms with Gasteiger partial charge in [0.2, 0.25) is 11.8 Å². The van der Waals surface area contributed by atoms with Gasteiger partial charge in [-0.1, -0.05) is 60.5 Å². The van der Waals surface area contributed by atoms with Gasteiger partial charge in [-0.2, -0.15) is 0 Å². The minimum atomic E-state index is -0.508. The van der Waals surface area contributed by atoms with Crippen molar-refractivity contribution in [3.05, 3.63) is 69.2 Å². The molecule has 2 aromatic rings. The summed E-state index contributed by atoms with van der Waals surface area (Å²) in [6.07, 6.45) is 0.547. The van der Waals surface area contributed by atoms with E-state index in [1.54, 1.807) is 24.1 Å². The van der Waals surface area contributed by atoms with Gasteiger partial charge in [-0.05, 0) is 42.2 Å². The predicted octanol–water partition coefficient (Wildman–Crippen LogP) is 5.09. The van der Waals surface area contributed by atoms with Crippen LogP contribution in [0.2, 0.25) is 10.0 Å². The number of amides is 2. The highest BCUT2D eigenvalue weighted by atomic mass is 35.5. The summed E-state index contributed by atoms with van der Waals surface area (Å²) in [6.45, 7) is 4.33. The van der Waals surface area contributed by atoms with Gasteiger partial charge >= 0.3 is 0 Å². The Labute approximate surface area is 187 Å². The summed E-state index contributed by atoms with van der Waals surface area (Å²) in [6, 6.07) is 12.8. The number of nitrogens with one attached hydrogen (secondary N) is 1. The molecule has 0 saturated heterocycles. The first kappa shape index (κ1) is 23.6. The van der Waals surface area contributed by atoms with Crippen LogP contribution in [0.25, 0.3) is 0 Å². The second-order valence-electron chi connectivity index (χ2n) is 6.71. The summed E-state index contributed by atoms with van der Waals surface area (Å²) in [7, 11) is 1.60. The summed E-state index contributed by atoms with van der Waals surface area (Å²) in [5.74, 6) is 0.633. The van der Waals surface area contributed by atoms with E-state index in [0.717, 1.165) is 16.7 Å². The maximum atomic E-state index is 13.1. The van der Waals surface area contributed by atoms with E-state index in [-0.39, 0.29) is 17.6 Å². The van der Waals surface area contributed by atoms with Crippen LogP contribution < -0.4 is 5.32 Å². The third kappa shape index (κ3) is 6.66. The lowest BCUT2D eigenvalue weighted by atomic mass is 10.1. The number of benzene rings is 2. The lowest BCUT2D eigenvalue weighted by Gasteiger charge is -2.30. The number of carbonyl (C=O) groups is 2. The van der Waals surface area contributed by atoms with Gasteiger partial charge in [0.15, 0.2) is 0 Å². The molecule has 156 valence electrons. The van der Waals surface area contributed by atoms with E-state index in [4.69, 9.17) is 23.2 Å².